The molecule has 0 spiro atoms. The Morgan fingerprint density at radius 3 is 2.96 bits per heavy atom. The molecule has 7 nitrogen and oxygen atoms in total. The summed E-state index contributed by atoms with van der Waals surface area (Å²) >= 11 is 6.20. The van der Waals surface area contributed by atoms with Crippen molar-refractivity contribution in [3.63, 3.8) is 0 Å². The Bertz CT molecular complexity index is 565. The summed E-state index contributed by atoms with van der Waals surface area (Å²) in [5, 5.41) is 19.9. The smallest absolute Gasteiger partial charge is 0.160 e. The summed E-state index contributed by atoms with van der Waals surface area (Å²) in [7, 11) is 0.216. The van der Waals surface area contributed by atoms with Crippen molar-refractivity contribution in [2.45, 2.75) is 50.1 Å². The van der Waals surface area contributed by atoms with Crippen LogP contribution in [0, 0.1) is 5.92 Å². The van der Waals surface area contributed by atoms with Gasteiger partial charge in [0.05, 0.1) is 12.5 Å². The predicted molar refractivity (Wildman–Crippen MR) is 89.9 cm³/mol. The van der Waals surface area contributed by atoms with Crippen molar-refractivity contribution in [2.75, 3.05) is 6.61 Å². The molecule has 3 rings (SSSR count). The van der Waals surface area contributed by atoms with E-state index in [1.807, 2.05) is 24.1 Å². The Morgan fingerprint density at radius 2 is 2.30 bits per heavy atom. The van der Waals surface area contributed by atoms with Gasteiger partial charge in [-0.25, -0.2) is 9.98 Å². The molecule has 0 radical (unpaired) electrons. The van der Waals surface area contributed by atoms with E-state index in [0.717, 1.165) is 0 Å². The number of hydrogen-bond acceptors (Lipinski definition) is 7. The largest absolute Gasteiger partial charge is 0.394 e. The van der Waals surface area contributed by atoms with Gasteiger partial charge in [0.25, 0.3) is 0 Å². The van der Waals surface area contributed by atoms with Crippen molar-refractivity contribution in [2.24, 2.45) is 15.9 Å². The highest BCUT2D eigenvalue weighted by Gasteiger charge is 2.51. The Labute approximate surface area is 141 Å². The van der Waals surface area contributed by atoms with Crippen molar-refractivity contribution in [1.82, 2.24) is 4.90 Å². The number of nitrogens with zero attached hydrogens (tertiary/aromatic N) is 3. The molecule has 0 saturated carbocycles. The van der Waals surface area contributed by atoms with E-state index in [2.05, 4.69) is 9.98 Å². The van der Waals surface area contributed by atoms with Gasteiger partial charge < -0.3 is 24.6 Å². The summed E-state index contributed by atoms with van der Waals surface area (Å²) in [5.74, 6) is -2.08. The number of halogens is 1. The van der Waals surface area contributed by atoms with Crippen LogP contribution in [0.25, 0.3) is 0 Å². The maximum Gasteiger partial charge on any atom is 0.160 e. The fourth-order valence-electron chi connectivity index (χ4n) is 2.95. The summed E-state index contributed by atoms with van der Waals surface area (Å²) in [6.45, 7) is 4.92. The number of fused-ring (bicyclic) bond motifs is 1. The molecule has 3 heterocycles. The summed E-state index contributed by atoms with van der Waals surface area (Å²) < 4.78 is 11.6. The second-order valence-electron chi connectivity index (χ2n) is 6.38. The third-order valence-corrected chi connectivity index (χ3v) is 5.95. The van der Waals surface area contributed by atoms with Crippen molar-refractivity contribution in [3.8, 4) is 0 Å². The monoisotopic (exact) mass is 361 g/mol. The highest BCUT2D eigenvalue weighted by atomic mass is 35.5. The number of aliphatic imine (C=N–C) groups is 2. The summed E-state index contributed by atoms with van der Waals surface area (Å²) in [4.78, 5) is 10.5. The van der Waals surface area contributed by atoms with E-state index in [0.29, 0.717) is 5.17 Å². The second kappa shape index (κ2) is 6.06. The first-order valence-electron chi connectivity index (χ1n) is 7.41. The van der Waals surface area contributed by atoms with E-state index in [1.54, 1.807) is 13.8 Å². The first kappa shape index (κ1) is 17.3. The van der Waals surface area contributed by atoms with Gasteiger partial charge in [-0.15, -0.1) is 0 Å². The Hall–Kier alpha value is -0.560. The van der Waals surface area contributed by atoms with Gasteiger partial charge in [-0.05, 0) is 29.4 Å². The van der Waals surface area contributed by atoms with Gasteiger partial charge in [0.1, 0.15) is 29.1 Å². The van der Waals surface area contributed by atoms with E-state index in [4.69, 9.17) is 21.1 Å². The number of aliphatic hydroxyl groups is 2. The average Bonchev–Trinajstić information content (AvgIpc) is 2.98. The lowest BCUT2D eigenvalue weighted by molar-refractivity contribution is -0.207. The van der Waals surface area contributed by atoms with Crippen LogP contribution in [-0.2, 0) is 9.47 Å². The van der Waals surface area contributed by atoms with Crippen LogP contribution in [0.5, 0.6) is 0 Å². The second-order valence-corrected chi connectivity index (χ2v) is 8.16. The Balaban J connectivity index is 1.77. The molecule has 0 bridgehead atoms. The molecule has 0 aromatic carbocycles. The standard InChI is InChI=1S/C14H21ClN3O4P/c1-13(2,20)22-11-9(6-19)21-12(23-11)18-5-4-8-10(15)16-7-17-14(8,18)3/h4-5,7-9,11-12,19-20,23H,6H2,1-3H3/t8?,9-,11+,12-,14?/m1/s1. The van der Waals surface area contributed by atoms with Gasteiger partial charge in [0.15, 0.2) is 11.8 Å². The third kappa shape index (κ3) is 3.18. The summed E-state index contributed by atoms with van der Waals surface area (Å²) in [6.07, 6.45) is 4.83. The molecule has 128 valence electrons. The van der Waals surface area contributed by atoms with Gasteiger partial charge >= 0.3 is 0 Å². The molecule has 3 aliphatic rings. The Morgan fingerprint density at radius 1 is 1.57 bits per heavy atom. The summed E-state index contributed by atoms with van der Waals surface area (Å²) in [6, 6.07) is 0. The number of ether oxygens (including phenoxy) is 2. The molecule has 1 fully saturated rings. The molecule has 3 unspecified atom stereocenters. The van der Waals surface area contributed by atoms with Crippen LogP contribution in [0.15, 0.2) is 22.3 Å². The van der Waals surface area contributed by atoms with Crippen molar-refractivity contribution in [3.05, 3.63) is 12.3 Å². The van der Waals surface area contributed by atoms with Crippen molar-refractivity contribution in [1.29, 1.82) is 0 Å². The zero-order valence-corrected chi connectivity index (χ0v) is 14.9. The van der Waals surface area contributed by atoms with Crippen molar-refractivity contribution < 1.29 is 19.7 Å². The molecule has 3 aliphatic heterocycles. The van der Waals surface area contributed by atoms with Gasteiger partial charge in [-0.3, -0.25) is 0 Å². The molecular weight excluding hydrogens is 341 g/mol. The molecule has 23 heavy (non-hydrogen) atoms. The van der Waals surface area contributed by atoms with Crippen LogP contribution >= 0.6 is 20.2 Å². The van der Waals surface area contributed by atoms with Gasteiger partial charge in [0, 0.05) is 6.20 Å². The number of rotatable bonds is 4. The molecular formula is C14H21ClN3O4P. The predicted octanol–water partition coefficient (Wildman–Crippen LogP) is 1.25. The van der Waals surface area contributed by atoms with Gasteiger partial charge in [-0.2, -0.15) is 0 Å². The molecule has 9 heteroatoms. The lowest BCUT2D eigenvalue weighted by Gasteiger charge is -2.40. The maximum atomic E-state index is 9.88. The minimum Gasteiger partial charge on any atom is -0.394 e. The quantitative estimate of drug-likeness (QED) is 0.581. The minimum atomic E-state index is -1.28. The molecule has 2 N–H and O–H groups in total. The third-order valence-electron chi connectivity index (χ3n) is 4.10. The Kier molecular flexibility index (Phi) is 4.55. The van der Waals surface area contributed by atoms with E-state index < -0.39 is 17.6 Å². The zero-order chi connectivity index (χ0) is 16.8. The van der Waals surface area contributed by atoms with E-state index >= 15 is 0 Å². The molecule has 0 aromatic heterocycles. The van der Waals surface area contributed by atoms with E-state index in [-0.39, 0.29) is 32.9 Å². The fourth-order valence-corrected chi connectivity index (χ4v) is 5.07. The van der Waals surface area contributed by atoms with Crippen LogP contribution < -0.4 is 0 Å². The molecule has 0 aromatic rings. The lowest BCUT2D eigenvalue weighted by Crippen LogP contribution is -2.50. The lowest BCUT2D eigenvalue weighted by atomic mass is 9.97. The number of aliphatic hydroxyl groups excluding tert-OH is 1. The van der Waals surface area contributed by atoms with Crippen molar-refractivity contribution >= 4 is 31.7 Å². The SMILES string of the molecule is CC(C)(O)O[C@H]1P[C@H](N2C=CC3C(Cl)=NC=NC32C)O[C@@H]1CO. The molecule has 0 aliphatic carbocycles. The average molecular weight is 362 g/mol. The first-order chi connectivity index (χ1) is 10.7. The van der Waals surface area contributed by atoms with Gasteiger partial charge in [-0.1, -0.05) is 17.7 Å². The highest BCUT2D eigenvalue weighted by Crippen LogP contribution is 2.49. The molecule has 0 amide bonds. The molecule has 6 atom stereocenters. The normalized spacial score (nSPS) is 40.8. The topological polar surface area (TPSA) is 86.9 Å². The van der Waals surface area contributed by atoms with E-state index in [1.165, 1.54) is 6.34 Å². The van der Waals surface area contributed by atoms with Crippen LogP contribution in [0.1, 0.15) is 20.8 Å². The van der Waals surface area contributed by atoms with Crippen LogP contribution in [-0.4, -0.2) is 62.6 Å². The first-order valence-corrected chi connectivity index (χ1v) is 8.94. The zero-order valence-electron chi connectivity index (χ0n) is 13.2. The number of hydrogen-bond donors (Lipinski definition) is 2. The molecule has 1 saturated heterocycles. The summed E-state index contributed by atoms with van der Waals surface area (Å²) in [5.41, 5.74) is -0.597. The highest BCUT2D eigenvalue weighted by molar-refractivity contribution is 7.39. The van der Waals surface area contributed by atoms with Crippen LogP contribution in [0.2, 0.25) is 0 Å². The van der Waals surface area contributed by atoms with E-state index in [9.17, 15) is 10.2 Å². The van der Waals surface area contributed by atoms with Gasteiger partial charge in [0.2, 0.25) is 0 Å². The van der Waals surface area contributed by atoms with Crippen LogP contribution in [0.3, 0.4) is 0 Å². The fraction of sp³-hybridized carbons (Fsp3) is 0.714. The maximum absolute atomic E-state index is 9.88. The minimum absolute atomic E-state index is 0.121. The van der Waals surface area contributed by atoms with Crippen LogP contribution in [0.4, 0.5) is 0 Å².